The largest absolute Gasteiger partial charge is 0.368 e. The van der Waals surface area contributed by atoms with Crippen LogP contribution in [0.1, 0.15) is 10.9 Å². The third-order valence-corrected chi connectivity index (χ3v) is 3.27. The van der Waals surface area contributed by atoms with Gasteiger partial charge in [0, 0.05) is 0 Å². The zero-order chi connectivity index (χ0) is 10.3. The van der Waals surface area contributed by atoms with Gasteiger partial charge in [-0.2, -0.15) is 4.99 Å². The maximum atomic E-state index is 5.48. The molecule has 0 bridgehead atoms. The third-order valence-electron chi connectivity index (χ3n) is 2.18. The van der Waals surface area contributed by atoms with Crippen molar-refractivity contribution in [3.63, 3.8) is 0 Å². The van der Waals surface area contributed by atoms with E-state index in [2.05, 4.69) is 27.1 Å². The van der Waals surface area contributed by atoms with E-state index in [0.717, 1.165) is 5.04 Å². The second-order valence-corrected chi connectivity index (χ2v) is 4.29. The fourth-order valence-electron chi connectivity index (χ4n) is 1.50. The summed E-state index contributed by atoms with van der Waals surface area (Å²) < 4.78 is 0. The van der Waals surface area contributed by atoms with Crippen molar-refractivity contribution >= 4 is 28.6 Å². The standard InChI is InChI=1S/C10H8N4S/c11-10-13-7-9(14-10)15-8(12-7)6-4-2-1-3-5-6/h1-5,8H,(H2,11,12,13). The molecule has 1 aromatic rings. The van der Waals surface area contributed by atoms with Gasteiger partial charge < -0.3 is 5.73 Å². The SMILES string of the molecule is NC1=NC2=NC(c3ccccc3)SC2=N1. The molecule has 0 aromatic heterocycles. The molecular weight excluding hydrogens is 208 g/mol. The van der Waals surface area contributed by atoms with Crippen molar-refractivity contribution in [1.82, 2.24) is 0 Å². The summed E-state index contributed by atoms with van der Waals surface area (Å²) >= 11 is 1.59. The summed E-state index contributed by atoms with van der Waals surface area (Å²) in [5.74, 6) is 0.981. The summed E-state index contributed by atoms with van der Waals surface area (Å²) in [6.45, 7) is 0. The van der Waals surface area contributed by atoms with Crippen LogP contribution < -0.4 is 5.73 Å². The molecule has 0 amide bonds. The summed E-state index contributed by atoms with van der Waals surface area (Å²) in [7, 11) is 0. The first-order chi connectivity index (χ1) is 7.33. The Morgan fingerprint density at radius 1 is 1.13 bits per heavy atom. The number of benzene rings is 1. The number of hydrogen-bond acceptors (Lipinski definition) is 5. The van der Waals surface area contributed by atoms with Gasteiger partial charge in [-0.3, -0.25) is 0 Å². The molecule has 1 atom stereocenters. The lowest BCUT2D eigenvalue weighted by atomic mass is 10.2. The van der Waals surface area contributed by atoms with Crippen molar-refractivity contribution in [2.75, 3.05) is 0 Å². The molecule has 0 radical (unpaired) electrons. The smallest absolute Gasteiger partial charge is 0.223 e. The molecule has 2 aliphatic heterocycles. The number of amidine groups is 1. The van der Waals surface area contributed by atoms with Crippen molar-refractivity contribution in [2.45, 2.75) is 5.37 Å². The van der Waals surface area contributed by atoms with Crippen molar-refractivity contribution in [1.29, 1.82) is 0 Å². The molecule has 0 saturated carbocycles. The number of guanidine groups is 1. The van der Waals surface area contributed by atoms with Gasteiger partial charge in [0.25, 0.3) is 0 Å². The number of aliphatic imine (C=N–C) groups is 3. The maximum absolute atomic E-state index is 5.48. The van der Waals surface area contributed by atoms with E-state index in [1.165, 1.54) is 5.56 Å². The molecular formula is C10H8N4S. The Labute approximate surface area is 91.0 Å². The summed E-state index contributed by atoms with van der Waals surface area (Å²) in [5, 5.41) is 0.915. The highest BCUT2D eigenvalue weighted by Gasteiger charge is 2.29. The molecule has 74 valence electrons. The van der Waals surface area contributed by atoms with E-state index in [4.69, 9.17) is 5.73 Å². The average molecular weight is 216 g/mol. The van der Waals surface area contributed by atoms with Crippen LogP contribution in [-0.4, -0.2) is 16.8 Å². The normalized spacial score (nSPS) is 23.2. The molecule has 4 nitrogen and oxygen atoms in total. The number of fused-ring (bicyclic) bond motifs is 1. The van der Waals surface area contributed by atoms with Crippen LogP contribution in [0.25, 0.3) is 0 Å². The lowest BCUT2D eigenvalue weighted by Crippen LogP contribution is -2.04. The molecule has 5 heteroatoms. The van der Waals surface area contributed by atoms with Gasteiger partial charge in [0.05, 0.1) is 0 Å². The van der Waals surface area contributed by atoms with Crippen LogP contribution in [-0.2, 0) is 0 Å². The van der Waals surface area contributed by atoms with E-state index in [1.54, 1.807) is 11.8 Å². The van der Waals surface area contributed by atoms with Gasteiger partial charge >= 0.3 is 0 Å². The summed E-state index contributed by atoms with van der Waals surface area (Å²) in [5.41, 5.74) is 6.64. The molecule has 0 aliphatic carbocycles. The molecule has 0 spiro atoms. The Bertz CT molecular complexity index is 489. The summed E-state index contributed by atoms with van der Waals surface area (Å²) in [4.78, 5) is 12.6. The van der Waals surface area contributed by atoms with E-state index in [-0.39, 0.29) is 5.37 Å². The van der Waals surface area contributed by atoms with Gasteiger partial charge in [-0.25, -0.2) is 9.98 Å². The van der Waals surface area contributed by atoms with Crippen molar-refractivity contribution in [3.05, 3.63) is 35.9 Å². The number of nitrogens with two attached hydrogens (primary N) is 1. The second-order valence-electron chi connectivity index (χ2n) is 3.22. The lowest BCUT2D eigenvalue weighted by molar-refractivity contribution is 1.05. The first-order valence-corrected chi connectivity index (χ1v) is 5.43. The molecule has 1 unspecified atom stereocenters. The fourth-order valence-corrected chi connectivity index (χ4v) is 2.51. The van der Waals surface area contributed by atoms with Crippen molar-refractivity contribution in [3.8, 4) is 0 Å². The highest BCUT2D eigenvalue weighted by atomic mass is 32.2. The molecule has 15 heavy (non-hydrogen) atoms. The van der Waals surface area contributed by atoms with Crippen LogP contribution in [0.2, 0.25) is 0 Å². The predicted octanol–water partition coefficient (Wildman–Crippen LogP) is 1.56. The van der Waals surface area contributed by atoms with Crippen LogP contribution in [0, 0.1) is 0 Å². The lowest BCUT2D eigenvalue weighted by Gasteiger charge is -2.04. The first-order valence-electron chi connectivity index (χ1n) is 4.55. The topological polar surface area (TPSA) is 63.1 Å². The van der Waals surface area contributed by atoms with Gasteiger partial charge in [-0.1, -0.05) is 42.1 Å². The van der Waals surface area contributed by atoms with Crippen LogP contribution in [0.15, 0.2) is 45.3 Å². The maximum Gasteiger partial charge on any atom is 0.223 e. The van der Waals surface area contributed by atoms with E-state index < -0.39 is 0 Å². The van der Waals surface area contributed by atoms with Crippen LogP contribution >= 0.6 is 11.8 Å². The number of rotatable bonds is 1. The molecule has 2 N–H and O–H groups in total. The minimum absolute atomic E-state index is 0.0804. The van der Waals surface area contributed by atoms with E-state index in [0.29, 0.717) is 11.8 Å². The highest BCUT2D eigenvalue weighted by molar-refractivity contribution is 8.16. The van der Waals surface area contributed by atoms with E-state index in [1.807, 2.05) is 18.2 Å². The molecule has 2 aliphatic rings. The van der Waals surface area contributed by atoms with Gasteiger partial charge in [0.2, 0.25) is 5.96 Å². The van der Waals surface area contributed by atoms with Crippen molar-refractivity contribution < 1.29 is 0 Å². The third kappa shape index (κ3) is 1.45. The Morgan fingerprint density at radius 3 is 2.67 bits per heavy atom. The molecule has 1 aromatic carbocycles. The van der Waals surface area contributed by atoms with E-state index in [9.17, 15) is 0 Å². The molecule has 0 saturated heterocycles. The monoisotopic (exact) mass is 216 g/mol. The quantitative estimate of drug-likeness (QED) is 0.774. The molecule has 0 fully saturated rings. The Kier molecular flexibility index (Phi) is 1.85. The van der Waals surface area contributed by atoms with Crippen LogP contribution in [0.4, 0.5) is 0 Å². The zero-order valence-corrected chi connectivity index (χ0v) is 8.61. The number of hydrogen-bond donors (Lipinski definition) is 1. The summed E-state index contributed by atoms with van der Waals surface area (Å²) in [6, 6.07) is 10.1. The van der Waals surface area contributed by atoms with Crippen LogP contribution in [0.3, 0.4) is 0 Å². The van der Waals surface area contributed by atoms with Gasteiger partial charge in [0.15, 0.2) is 5.84 Å². The Hall–Kier alpha value is -1.62. The molecule has 3 rings (SSSR count). The van der Waals surface area contributed by atoms with Gasteiger partial charge in [0.1, 0.15) is 10.4 Å². The predicted molar refractivity (Wildman–Crippen MR) is 63.3 cm³/mol. The second kappa shape index (κ2) is 3.20. The fraction of sp³-hybridized carbons (Fsp3) is 0.100. The number of nitrogens with zero attached hydrogens (tertiary/aromatic N) is 3. The van der Waals surface area contributed by atoms with Crippen molar-refractivity contribution in [2.24, 2.45) is 20.7 Å². The summed E-state index contributed by atoms with van der Waals surface area (Å²) in [6.07, 6.45) is 0. The van der Waals surface area contributed by atoms with Gasteiger partial charge in [-0.05, 0) is 5.56 Å². The Balaban J connectivity index is 1.93. The van der Waals surface area contributed by atoms with Crippen LogP contribution in [0.5, 0.6) is 0 Å². The first kappa shape index (κ1) is 8.67. The number of thioether (sulfide) groups is 1. The van der Waals surface area contributed by atoms with Gasteiger partial charge in [-0.15, -0.1) is 0 Å². The minimum atomic E-state index is 0.0804. The Morgan fingerprint density at radius 2 is 1.93 bits per heavy atom. The average Bonchev–Trinajstić information content (AvgIpc) is 2.76. The molecule has 2 heterocycles. The van der Waals surface area contributed by atoms with E-state index >= 15 is 0 Å². The highest BCUT2D eigenvalue weighted by Crippen LogP contribution is 2.38. The zero-order valence-electron chi connectivity index (χ0n) is 7.79. The minimum Gasteiger partial charge on any atom is -0.368 e.